The molecule has 1 aliphatic rings. The molecule has 0 saturated carbocycles. The van der Waals surface area contributed by atoms with Gasteiger partial charge in [0, 0.05) is 42.2 Å². The van der Waals surface area contributed by atoms with Crippen molar-refractivity contribution >= 4 is 23.0 Å². The van der Waals surface area contributed by atoms with E-state index in [1.54, 1.807) is 25.4 Å². The van der Waals surface area contributed by atoms with Crippen molar-refractivity contribution in [2.75, 3.05) is 4.90 Å². The summed E-state index contributed by atoms with van der Waals surface area (Å²) in [5.74, 6) is -0.228. The van der Waals surface area contributed by atoms with Gasteiger partial charge in [0.2, 0.25) is 0 Å². The Morgan fingerprint density at radius 3 is 2.59 bits per heavy atom. The molecular weight excluding hydrogens is 445 g/mol. The number of aryl methyl sites for hydroxylation is 2. The third-order valence-electron chi connectivity index (χ3n) is 6.51. The number of halogens is 1. The molecule has 1 aromatic carbocycles. The number of aromatic nitrogens is 3. The lowest BCUT2D eigenvalue weighted by Crippen LogP contribution is -2.29. The molecule has 0 radical (unpaired) electrons. The van der Waals surface area contributed by atoms with Gasteiger partial charge in [0.1, 0.15) is 5.82 Å². The average Bonchev–Trinajstić information content (AvgIpc) is 3.33. The van der Waals surface area contributed by atoms with Crippen LogP contribution in [0.25, 0.3) is 0 Å². The predicted octanol–water partition coefficient (Wildman–Crippen LogP) is 5.57. The van der Waals surface area contributed by atoms with Crippen molar-refractivity contribution in [3.63, 3.8) is 0 Å². The van der Waals surface area contributed by atoms with Crippen LogP contribution in [0.1, 0.15) is 45.9 Å². The van der Waals surface area contributed by atoms with Crippen molar-refractivity contribution in [1.29, 1.82) is 0 Å². The molecule has 1 N–H and O–H groups in total. The second-order valence-electron chi connectivity index (χ2n) is 8.70. The molecule has 0 unspecified atom stereocenters. The summed E-state index contributed by atoms with van der Waals surface area (Å²) in [6.45, 7) is 6.77. The number of nitrogens with zero attached hydrogens (tertiary/aromatic N) is 4. The van der Waals surface area contributed by atoms with Crippen molar-refractivity contribution in [1.82, 2.24) is 19.9 Å². The number of nitrogens with one attached hydrogen (secondary N) is 1. The molecular formula is C27H26FN5S. The van der Waals surface area contributed by atoms with Crippen LogP contribution in [0.2, 0.25) is 0 Å². The Bertz CT molecular complexity index is 1340. The molecule has 34 heavy (non-hydrogen) atoms. The topological polar surface area (TPSA) is 46.0 Å². The molecule has 4 aromatic rings. The van der Waals surface area contributed by atoms with Crippen LogP contribution in [0.3, 0.4) is 0 Å². The van der Waals surface area contributed by atoms with Crippen LogP contribution in [0, 0.1) is 26.6 Å². The fourth-order valence-corrected chi connectivity index (χ4v) is 5.12. The molecule has 1 fully saturated rings. The lowest BCUT2D eigenvalue weighted by atomic mass is 9.96. The zero-order valence-electron chi connectivity index (χ0n) is 19.4. The minimum absolute atomic E-state index is 0.138. The second kappa shape index (κ2) is 8.99. The number of pyridine rings is 2. The Labute approximate surface area is 204 Å². The zero-order chi connectivity index (χ0) is 23.8. The van der Waals surface area contributed by atoms with Crippen LogP contribution in [-0.4, -0.2) is 19.6 Å². The van der Waals surface area contributed by atoms with Gasteiger partial charge in [-0.3, -0.25) is 9.97 Å². The molecule has 5 nitrogen and oxygen atoms in total. The number of anilines is 1. The maximum Gasteiger partial charge on any atom is 0.174 e. The summed E-state index contributed by atoms with van der Waals surface area (Å²) in [6.07, 6.45) is 5.48. The first-order valence-electron chi connectivity index (χ1n) is 11.3. The fraction of sp³-hybridized carbons (Fsp3) is 0.222. The molecule has 0 amide bonds. The first kappa shape index (κ1) is 22.2. The van der Waals surface area contributed by atoms with Crippen LogP contribution < -0.4 is 10.2 Å². The Kier molecular flexibility index (Phi) is 5.87. The highest BCUT2D eigenvalue weighted by atomic mass is 32.1. The summed E-state index contributed by atoms with van der Waals surface area (Å²) in [7, 11) is 0. The minimum Gasteiger partial charge on any atom is -0.351 e. The molecule has 5 rings (SSSR count). The smallest absolute Gasteiger partial charge is 0.174 e. The first-order valence-corrected chi connectivity index (χ1v) is 11.7. The fourth-order valence-electron chi connectivity index (χ4n) is 4.77. The molecule has 1 saturated heterocycles. The van der Waals surface area contributed by atoms with Crippen molar-refractivity contribution in [3.8, 4) is 0 Å². The van der Waals surface area contributed by atoms with Gasteiger partial charge < -0.3 is 14.8 Å². The van der Waals surface area contributed by atoms with E-state index in [1.807, 2.05) is 36.5 Å². The van der Waals surface area contributed by atoms with Crippen LogP contribution >= 0.6 is 12.2 Å². The van der Waals surface area contributed by atoms with E-state index in [9.17, 15) is 4.39 Å². The molecule has 0 bridgehead atoms. The van der Waals surface area contributed by atoms with E-state index in [0.717, 1.165) is 40.4 Å². The van der Waals surface area contributed by atoms with Gasteiger partial charge in [-0.1, -0.05) is 12.1 Å². The summed E-state index contributed by atoms with van der Waals surface area (Å²) in [5.41, 5.74) is 6.97. The summed E-state index contributed by atoms with van der Waals surface area (Å²) in [4.78, 5) is 11.0. The highest BCUT2D eigenvalue weighted by Gasteiger charge is 2.42. The molecule has 1 aliphatic heterocycles. The van der Waals surface area contributed by atoms with E-state index < -0.39 is 0 Å². The standard InChI is InChI=1S/C27H26FN5S/c1-17-13-21(9-10-23(17)28)33-26(25(31-27(33)34)24-8-4-5-12-30-24)22-14-18(2)32(19(22)3)16-20-7-6-11-29-15-20/h4-15,25-26H,16H2,1-3H3,(H,31,34)/t25-,26-/m0/s1. The lowest BCUT2D eigenvalue weighted by Gasteiger charge is -2.28. The number of hydrogen-bond donors (Lipinski definition) is 1. The van der Waals surface area contributed by atoms with E-state index >= 15 is 0 Å². The summed E-state index contributed by atoms with van der Waals surface area (Å²) >= 11 is 5.82. The number of hydrogen-bond acceptors (Lipinski definition) is 3. The Balaban J connectivity index is 1.63. The van der Waals surface area contributed by atoms with Gasteiger partial charge in [-0.15, -0.1) is 0 Å². The molecule has 7 heteroatoms. The van der Waals surface area contributed by atoms with Gasteiger partial charge in [0.05, 0.1) is 17.8 Å². The van der Waals surface area contributed by atoms with Crippen LogP contribution in [0.4, 0.5) is 10.1 Å². The highest BCUT2D eigenvalue weighted by molar-refractivity contribution is 7.80. The minimum atomic E-state index is -0.228. The molecule has 2 atom stereocenters. The van der Waals surface area contributed by atoms with Gasteiger partial charge >= 0.3 is 0 Å². The van der Waals surface area contributed by atoms with E-state index in [4.69, 9.17) is 12.2 Å². The first-order chi connectivity index (χ1) is 16.4. The van der Waals surface area contributed by atoms with E-state index in [0.29, 0.717) is 10.7 Å². The quantitative estimate of drug-likeness (QED) is 0.386. The van der Waals surface area contributed by atoms with Crippen molar-refractivity contribution in [2.24, 2.45) is 0 Å². The molecule has 4 heterocycles. The Hall–Kier alpha value is -3.58. The normalized spacial score (nSPS) is 17.8. The Morgan fingerprint density at radius 2 is 1.88 bits per heavy atom. The average molecular weight is 472 g/mol. The maximum atomic E-state index is 14.1. The van der Waals surface area contributed by atoms with E-state index in [-0.39, 0.29) is 17.9 Å². The number of benzene rings is 1. The third kappa shape index (κ3) is 3.96. The molecule has 3 aromatic heterocycles. The summed E-state index contributed by atoms with van der Waals surface area (Å²) < 4.78 is 16.4. The monoisotopic (exact) mass is 471 g/mol. The van der Waals surface area contributed by atoms with E-state index in [1.165, 1.54) is 6.07 Å². The van der Waals surface area contributed by atoms with Crippen molar-refractivity contribution in [3.05, 3.63) is 113 Å². The van der Waals surface area contributed by atoms with Crippen molar-refractivity contribution in [2.45, 2.75) is 39.4 Å². The number of rotatable bonds is 5. The summed E-state index contributed by atoms with van der Waals surface area (Å²) in [6, 6.07) is 17.0. The second-order valence-corrected chi connectivity index (χ2v) is 9.09. The highest BCUT2D eigenvalue weighted by Crippen LogP contribution is 2.43. The van der Waals surface area contributed by atoms with Gasteiger partial charge in [-0.2, -0.15) is 0 Å². The molecule has 0 spiro atoms. The predicted molar refractivity (Wildman–Crippen MR) is 136 cm³/mol. The van der Waals surface area contributed by atoms with E-state index in [2.05, 4.69) is 50.7 Å². The SMILES string of the molecule is Cc1cc(N2C(=S)N[C@@H](c3ccccn3)[C@@H]2c2cc(C)n(Cc3cccnc3)c2C)ccc1F. The van der Waals surface area contributed by atoms with Crippen molar-refractivity contribution < 1.29 is 4.39 Å². The molecule has 172 valence electrons. The van der Waals surface area contributed by atoms with Crippen LogP contribution in [0.5, 0.6) is 0 Å². The Morgan fingerprint density at radius 1 is 1.03 bits per heavy atom. The largest absolute Gasteiger partial charge is 0.351 e. The third-order valence-corrected chi connectivity index (χ3v) is 6.83. The summed E-state index contributed by atoms with van der Waals surface area (Å²) in [5, 5.41) is 4.09. The van der Waals surface area contributed by atoms with Gasteiger partial charge in [0.15, 0.2) is 5.11 Å². The van der Waals surface area contributed by atoms with Gasteiger partial charge in [0.25, 0.3) is 0 Å². The van der Waals surface area contributed by atoms with Gasteiger partial charge in [-0.25, -0.2) is 4.39 Å². The maximum absolute atomic E-state index is 14.1. The number of thiocarbonyl (C=S) groups is 1. The zero-order valence-corrected chi connectivity index (χ0v) is 20.2. The lowest BCUT2D eigenvalue weighted by molar-refractivity contribution is 0.563. The van der Waals surface area contributed by atoms with Crippen LogP contribution in [0.15, 0.2) is 73.2 Å². The van der Waals surface area contributed by atoms with Gasteiger partial charge in [-0.05, 0) is 92.1 Å². The molecule has 0 aliphatic carbocycles. The van der Waals surface area contributed by atoms with Crippen LogP contribution in [-0.2, 0) is 6.54 Å².